The van der Waals surface area contributed by atoms with Gasteiger partial charge in [-0.1, -0.05) is 24.3 Å². The van der Waals surface area contributed by atoms with Crippen LogP contribution in [0.2, 0.25) is 0 Å². The highest BCUT2D eigenvalue weighted by Gasteiger charge is 2.11. The Labute approximate surface area is 154 Å². The summed E-state index contributed by atoms with van der Waals surface area (Å²) < 4.78 is 34.9. The lowest BCUT2D eigenvalue weighted by Crippen LogP contribution is -1.99. The molecule has 0 aliphatic carbocycles. The number of rotatable bonds is 3. The van der Waals surface area contributed by atoms with Crippen LogP contribution < -0.4 is 0 Å². The standard InChI is InChI=1S/C19H13N3O4S/c23-16-10-9-14(13-6-3-11-20-19(13)16)21-22-15-7-1-4-12-5-2-8-17(18(12)15)27(24,25)26/h1-11,23H,(H,24,25,26)/p-1. The molecule has 0 aliphatic rings. The van der Waals surface area contributed by atoms with Crippen LogP contribution in [0.5, 0.6) is 5.75 Å². The summed E-state index contributed by atoms with van der Waals surface area (Å²) in [5, 5.41) is 19.7. The number of pyridine rings is 1. The molecule has 0 aliphatic heterocycles. The van der Waals surface area contributed by atoms with E-state index in [9.17, 15) is 18.1 Å². The molecule has 0 saturated carbocycles. The zero-order valence-corrected chi connectivity index (χ0v) is 14.6. The van der Waals surface area contributed by atoms with Gasteiger partial charge in [0, 0.05) is 17.0 Å². The van der Waals surface area contributed by atoms with Gasteiger partial charge in [-0.2, -0.15) is 0 Å². The van der Waals surface area contributed by atoms with Crippen LogP contribution in [0.15, 0.2) is 82.0 Å². The quantitative estimate of drug-likeness (QED) is 0.419. The van der Waals surface area contributed by atoms with Gasteiger partial charge >= 0.3 is 0 Å². The van der Waals surface area contributed by atoms with Gasteiger partial charge < -0.3 is 9.66 Å². The lowest BCUT2D eigenvalue weighted by molar-refractivity contribution is 0.464. The number of aromatic nitrogens is 1. The van der Waals surface area contributed by atoms with Gasteiger partial charge in [0.05, 0.1) is 16.3 Å². The molecule has 7 nitrogen and oxygen atoms in total. The van der Waals surface area contributed by atoms with Crippen LogP contribution in [0.4, 0.5) is 11.4 Å². The molecule has 8 heteroatoms. The molecule has 0 amide bonds. The maximum atomic E-state index is 11.6. The van der Waals surface area contributed by atoms with Crippen molar-refractivity contribution in [3.05, 3.63) is 66.9 Å². The van der Waals surface area contributed by atoms with E-state index in [0.717, 1.165) is 0 Å². The Balaban J connectivity index is 1.92. The van der Waals surface area contributed by atoms with Crippen molar-refractivity contribution in [2.75, 3.05) is 0 Å². The third kappa shape index (κ3) is 3.12. The average Bonchev–Trinajstić information content (AvgIpc) is 2.66. The molecular weight excluding hydrogens is 366 g/mol. The van der Waals surface area contributed by atoms with E-state index in [1.54, 1.807) is 48.7 Å². The minimum Gasteiger partial charge on any atom is -0.744 e. The van der Waals surface area contributed by atoms with Crippen molar-refractivity contribution in [2.45, 2.75) is 4.90 Å². The van der Waals surface area contributed by atoms with Crippen molar-refractivity contribution >= 4 is 43.2 Å². The topological polar surface area (TPSA) is 115 Å². The normalized spacial score (nSPS) is 12.2. The summed E-state index contributed by atoms with van der Waals surface area (Å²) >= 11 is 0. The van der Waals surface area contributed by atoms with Crippen LogP contribution in [0.25, 0.3) is 21.7 Å². The summed E-state index contributed by atoms with van der Waals surface area (Å²) in [4.78, 5) is 3.78. The molecule has 1 N–H and O–H groups in total. The van der Waals surface area contributed by atoms with Gasteiger partial charge in [-0.25, -0.2) is 8.42 Å². The Morgan fingerprint density at radius 2 is 1.63 bits per heavy atom. The number of benzene rings is 3. The lowest BCUT2D eigenvalue weighted by Gasteiger charge is -2.11. The van der Waals surface area contributed by atoms with E-state index in [4.69, 9.17) is 0 Å². The van der Waals surface area contributed by atoms with Crippen molar-refractivity contribution in [3.63, 3.8) is 0 Å². The van der Waals surface area contributed by atoms with Crippen LogP contribution >= 0.6 is 0 Å². The molecule has 1 aromatic heterocycles. The monoisotopic (exact) mass is 378 g/mol. The first-order chi connectivity index (χ1) is 12.9. The number of phenolic OH excluding ortho intramolecular Hbond substituents is 1. The van der Waals surface area contributed by atoms with Crippen molar-refractivity contribution in [2.24, 2.45) is 10.2 Å². The zero-order chi connectivity index (χ0) is 19.0. The van der Waals surface area contributed by atoms with Crippen LogP contribution in [-0.4, -0.2) is 23.1 Å². The molecule has 0 bridgehead atoms. The van der Waals surface area contributed by atoms with Gasteiger partial charge in [0.2, 0.25) is 0 Å². The van der Waals surface area contributed by atoms with Gasteiger partial charge in [0.25, 0.3) is 0 Å². The van der Waals surface area contributed by atoms with E-state index >= 15 is 0 Å². The Kier molecular flexibility index (Phi) is 4.06. The summed E-state index contributed by atoms with van der Waals surface area (Å²) in [6.45, 7) is 0. The first-order valence-electron chi connectivity index (χ1n) is 7.91. The number of hydrogen-bond donors (Lipinski definition) is 1. The van der Waals surface area contributed by atoms with E-state index in [2.05, 4.69) is 15.2 Å². The van der Waals surface area contributed by atoms with Crippen molar-refractivity contribution in [1.82, 2.24) is 4.98 Å². The van der Waals surface area contributed by atoms with E-state index in [1.165, 1.54) is 18.2 Å². The van der Waals surface area contributed by atoms with Crippen molar-refractivity contribution in [3.8, 4) is 5.75 Å². The maximum Gasteiger partial charge on any atom is 0.141 e. The highest BCUT2D eigenvalue weighted by Crippen LogP contribution is 2.35. The summed E-state index contributed by atoms with van der Waals surface area (Å²) in [6.07, 6.45) is 1.55. The van der Waals surface area contributed by atoms with Crippen LogP contribution in [0.1, 0.15) is 0 Å². The maximum absolute atomic E-state index is 11.6. The number of nitrogens with zero attached hydrogens (tertiary/aromatic N) is 3. The highest BCUT2D eigenvalue weighted by molar-refractivity contribution is 7.86. The van der Waals surface area contributed by atoms with Gasteiger partial charge in [-0.3, -0.25) is 4.98 Å². The fraction of sp³-hybridized carbons (Fsp3) is 0. The molecule has 3 aromatic carbocycles. The Bertz CT molecular complexity index is 1310. The summed E-state index contributed by atoms with van der Waals surface area (Å²) in [5.41, 5.74) is 1.10. The minimum atomic E-state index is -4.67. The molecule has 0 saturated heterocycles. The zero-order valence-electron chi connectivity index (χ0n) is 13.8. The third-order valence-electron chi connectivity index (χ3n) is 4.10. The van der Waals surface area contributed by atoms with Crippen molar-refractivity contribution < 1.29 is 18.1 Å². The summed E-state index contributed by atoms with van der Waals surface area (Å²) in [6, 6.07) is 15.9. The van der Waals surface area contributed by atoms with Crippen molar-refractivity contribution in [1.29, 1.82) is 0 Å². The van der Waals surface area contributed by atoms with E-state index in [0.29, 0.717) is 22.0 Å². The number of hydrogen-bond acceptors (Lipinski definition) is 7. The SMILES string of the molecule is O=S(=O)([O-])c1cccc2cccc(N=Nc3ccc(O)c4ncccc34)c12. The smallest absolute Gasteiger partial charge is 0.141 e. The van der Waals surface area contributed by atoms with E-state index in [-0.39, 0.29) is 21.7 Å². The molecule has 1 heterocycles. The summed E-state index contributed by atoms with van der Waals surface area (Å²) in [5.74, 6) is 0.0226. The highest BCUT2D eigenvalue weighted by atomic mass is 32.2. The molecule has 0 unspecified atom stereocenters. The molecule has 27 heavy (non-hydrogen) atoms. The molecule has 0 radical (unpaired) electrons. The third-order valence-corrected chi connectivity index (χ3v) is 4.98. The Hall–Kier alpha value is -3.36. The second-order valence-electron chi connectivity index (χ2n) is 5.79. The molecule has 0 fully saturated rings. The predicted octanol–water partition coefficient (Wildman–Crippen LogP) is 4.41. The number of aromatic hydroxyl groups is 1. The molecule has 0 spiro atoms. The van der Waals surface area contributed by atoms with Crippen LogP contribution in [-0.2, 0) is 10.1 Å². The van der Waals surface area contributed by atoms with Crippen LogP contribution in [0, 0.1) is 0 Å². The molecule has 4 aromatic rings. The van der Waals surface area contributed by atoms with E-state index in [1.807, 2.05) is 0 Å². The summed E-state index contributed by atoms with van der Waals surface area (Å²) in [7, 11) is -4.67. The molecule has 134 valence electrons. The number of phenols is 1. The van der Waals surface area contributed by atoms with Gasteiger partial charge in [0.15, 0.2) is 0 Å². The molecule has 4 rings (SSSR count). The molecule has 0 atom stereocenters. The first-order valence-corrected chi connectivity index (χ1v) is 9.32. The number of fused-ring (bicyclic) bond motifs is 2. The predicted molar refractivity (Wildman–Crippen MR) is 99.5 cm³/mol. The fourth-order valence-electron chi connectivity index (χ4n) is 2.92. The van der Waals surface area contributed by atoms with Gasteiger partial charge in [-0.15, -0.1) is 10.2 Å². The van der Waals surface area contributed by atoms with Gasteiger partial charge in [-0.05, 0) is 41.8 Å². The lowest BCUT2D eigenvalue weighted by atomic mass is 10.1. The fourth-order valence-corrected chi connectivity index (χ4v) is 3.63. The first kappa shape index (κ1) is 17.1. The largest absolute Gasteiger partial charge is 0.744 e. The Morgan fingerprint density at radius 1 is 0.889 bits per heavy atom. The number of azo groups is 1. The van der Waals surface area contributed by atoms with Gasteiger partial charge in [0.1, 0.15) is 21.4 Å². The van der Waals surface area contributed by atoms with E-state index < -0.39 is 10.1 Å². The van der Waals surface area contributed by atoms with Crippen LogP contribution in [0.3, 0.4) is 0 Å². The second kappa shape index (κ2) is 6.42. The molecular formula is C19H12N3O4S-. The average molecular weight is 378 g/mol. The Morgan fingerprint density at radius 3 is 2.41 bits per heavy atom. The minimum absolute atomic E-state index is 0.0226. The second-order valence-corrected chi connectivity index (χ2v) is 7.14.